The number of anilines is 1. The molecule has 0 aliphatic rings. The number of rotatable bonds is 8. The van der Waals surface area contributed by atoms with Crippen LogP contribution in [0.1, 0.15) is 23.4 Å². The van der Waals surface area contributed by atoms with Gasteiger partial charge in [0, 0.05) is 20.0 Å². The van der Waals surface area contributed by atoms with Crippen molar-refractivity contribution in [1.82, 2.24) is 20.4 Å². The van der Waals surface area contributed by atoms with E-state index in [0.29, 0.717) is 24.5 Å². The predicted octanol–water partition coefficient (Wildman–Crippen LogP) is 0.898. The maximum Gasteiger partial charge on any atom is 0.316 e. The number of benzene rings is 1. The number of likely N-dealkylation sites (N-methyl/N-ethyl adjacent to an activating group) is 1. The molecule has 2 aromatic rings. The average molecular weight is 347 g/mol. The maximum atomic E-state index is 11.9. The average Bonchev–Trinajstić information content (AvgIpc) is 3.02. The second kappa shape index (κ2) is 8.78. The summed E-state index contributed by atoms with van der Waals surface area (Å²) in [6.45, 7) is 2.60. The van der Waals surface area contributed by atoms with Crippen molar-refractivity contribution < 1.29 is 18.8 Å². The Morgan fingerprint density at radius 1 is 1.28 bits per heavy atom. The molecule has 0 aliphatic heterocycles. The number of aromatic nitrogens is 2. The summed E-state index contributed by atoms with van der Waals surface area (Å²) in [5.74, 6) is -0.0473. The molecule has 9 heteroatoms. The summed E-state index contributed by atoms with van der Waals surface area (Å²) in [6, 6.07) is 6.99. The van der Waals surface area contributed by atoms with Crippen molar-refractivity contribution in [2.24, 2.45) is 0 Å². The van der Waals surface area contributed by atoms with Crippen molar-refractivity contribution in [3.05, 3.63) is 36.0 Å². The molecule has 0 bridgehead atoms. The molecule has 0 aliphatic carbocycles. The van der Waals surface area contributed by atoms with Gasteiger partial charge in [0.15, 0.2) is 6.61 Å². The van der Waals surface area contributed by atoms with E-state index in [1.165, 1.54) is 6.92 Å². The van der Waals surface area contributed by atoms with Crippen LogP contribution < -0.4 is 15.4 Å². The van der Waals surface area contributed by atoms with Gasteiger partial charge in [-0.1, -0.05) is 17.3 Å². The molecule has 0 unspecified atom stereocenters. The van der Waals surface area contributed by atoms with Gasteiger partial charge in [0.05, 0.1) is 5.69 Å². The van der Waals surface area contributed by atoms with Crippen LogP contribution in [0.3, 0.4) is 0 Å². The minimum absolute atomic E-state index is 0.00504. The highest BCUT2D eigenvalue weighted by Gasteiger charge is 2.15. The van der Waals surface area contributed by atoms with Gasteiger partial charge >= 0.3 is 11.8 Å². The lowest BCUT2D eigenvalue weighted by Crippen LogP contribution is -2.31. The van der Waals surface area contributed by atoms with E-state index >= 15 is 0 Å². The number of ether oxygens (including phenoxy) is 1. The van der Waals surface area contributed by atoms with Gasteiger partial charge in [-0.15, -0.1) is 0 Å². The Balaban J connectivity index is 1.91. The van der Waals surface area contributed by atoms with Gasteiger partial charge in [0.2, 0.25) is 11.7 Å². The summed E-state index contributed by atoms with van der Waals surface area (Å²) in [6.07, 6.45) is 0. The van der Waals surface area contributed by atoms with Crippen molar-refractivity contribution in [1.29, 1.82) is 0 Å². The maximum absolute atomic E-state index is 11.9. The van der Waals surface area contributed by atoms with Crippen LogP contribution in [0.5, 0.6) is 5.75 Å². The molecule has 2 N–H and O–H groups in total. The highest BCUT2D eigenvalue weighted by Crippen LogP contribution is 2.24. The second-order valence-electron chi connectivity index (χ2n) is 5.54. The monoisotopic (exact) mass is 347 g/mol. The Labute approximate surface area is 145 Å². The molecule has 0 saturated heterocycles. The number of amides is 2. The first-order valence-electron chi connectivity index (χ1n) is 7.70. The first-order valence-corrected chi connectivity index (χ1v) is 7.70. The van der Waals surface area contributed by atoms with Gasteiger partial charge in [0.25, 0.3) is 0 Å². The molecular weight excluding hydrogens is 326 g/mol. The number of nitrogens with zero attached hydrogens (tertiary/aromatic N) is 3. The number of carbonyl (C=O) groups excluding carboxylic acids is 2. The summed E-state index contributed by atoms with van der Waals surface area (Å²) in [7, 11) is 3.82. The Morgan fingerprint density at radius 3 is 2.76 bits per heavy atom. The van der Waals surface area contributed by atoms with E-state index < -0.39 is 5.91 Å². The smallest absolute Gasteiger partial charge is 0.316 e. The third-order valence-electron chi connectivity index (χ3n) is 3.06. The summed E-state index contributed by atoms with van der Waals surface area (Å²) in [4.78, 5) is 29.0. The van der Waals surface area contributed by atoms with E-state index in [2.05, 4.69) is 20.8 Å². The van der Waals surface area contributed by atoms with E-state index in [1.807, 2.05) is 19.0 Å². The molecular formula is C16H21N5O4. The molecule has 0 radical (unpaired) electrons. The molecule has 25 heavy (non-hydrogen) atoms. The molecule has 2 rings (SSSR count). The van der Waals surface area contributed by atoms with Gasteiger partial charge in [-0.3, -0.25) is 9.59 Å². The highest BCUT2D eigenvalue weighted by molar-refractivity contribution is 5.90. The Morgan fingerprint density at radius 2 is 2.04 bits per heavy atom. The van der Waals surface area contributed by atoms with Crippen LogP contribution in [-0.2, 0) is 11.4 Å². The Bertz CT molecular complexity index is 729. The first kappa shape index (κ1) is 18.4. The molecule has 9 nitrogen and oxygen atoms in total. The van der Waals surface area contributed by atoms with E-state index in [1.54, 1.807) is 24.3 Å². The van der Waals surface area contributed by atoms with E-state index in [9.17, 15) is 9.59 Å². The van der Waals surface area contributed by atoms with Crippen molar-refractivity contribution >= 4 is 17.5 Å². The minimum atomic E-state index is -0.431. The van der Waals surface area contributed by atoms with Crippen LogP contribution in [0.15, 0.2) is 28.8 Å². The molecule has 0 spiro atoms. The fraction of sp³-hybridized carbons (Fsp3) is 0.375. The number of nitrogens with one attached hydrogen (secondary N) is 2. The number of carbonyl (C=O) groups is 2. The van der Waals surface area contributed by atoms with E-state index in [-0.39, 0.29) is 24.2 Å². The zero-order chi connectivity index (χ0) is 18.2. The van der Waals surface area contributed by atoms with Crippen LogP contribution in [0.4, 0.5) is 5.69 Å². The number of hydrogen-bond acceptors (Lipinski definition) is 7. The Kier molecular flexibility index (Phi) is 6.47. The highest BCUT2D eigenvalue weighted by atomic mass is 16.5. The quantitative estimate of drug-likeness (QED) is 0.730. The molecule has 0 saturated carbocycles. The van der Waals surface area contributed by atoms with Crippen molar-refractivity contribution in [3.63, 3.8) is 0 Å². The van der Waals surface area contributed by atoms with Crippen molar-refractivity contribution in [3.8, 4) is 5.75 Å². The summed E-state index contributed by atoms with van der Waals surface area (Å²) >= 11 is 0. The van der Waals surface area contributed by atoms with E-state index in [0.717, 1.165) is 0 Å². The summed E-state index contributed by atoms with van der Waals surface area (Å²) < 4.78 is 10.5. The van der Waals surface area contributed by atoms with Gasteiger partial charge in [-0.25, -0.2) is 0 Å². The SMILES string of the molecule is CC(=O)Nc1ccccc1OCc1noc(C(=O)NCCN(C)C)n1. The van der Waals surface area contributed by atoms with Gasteiger partial charge in [-0.05, 0) is 26.2 Å². The van der Waals surface area contributed by atoms with Gasteiger partial charge in [-0.2, -0.15) is 4.98 Å². The summed E-state index contributed by atoms with van der Waals surface area (Å²) in [5, 5.41) is 9.07. The van der Waals surface area contributed by atoms with Crippen LogP contribution >= 0.6 is 0 Å². The Hall–Kier alpha value is -2.94. The molecule has 2 amide bonds. The van der Waals surface area contributed by atoms with Crippen molar-refractivity contribution in [2.75, 3.05) is 32.5 Å². The normalized spacial score (nSPS) is 10.6. The molecule has 134 valence electrons. The second-order valence-corrected chi connectivity index (χ2v) is 5.54. The fourth-order valence-corrected chi connectivity index (χ4v) is 1.90. The van der Waals surface area contributed by atoms with Crippen LogP contribution in [-0.4, -0.2) is 54.0 Å². The van der Waals surface area contributed by atoms with Gasteiger partial charge in [0.1, 0.15) is 5.75 Å². The molecule has 0 fully saturated rings. The largest absolute Gasteiger partial charge is 0.483 e. The molecule has 1 aromatic heterocycles. The third kappa shape index (κ3) is 5.88. The van der Waals surface area contributed by atoms with E-state index in [4.69, 9.17) is 9.26 Å². The number of para-hydroxylation sites is 2. The molecule has 1 heterocycles. The van der Waals surface area contributed by atoms with Crippen molar-refractivity contribution in [2.45, 2.75) is 13.5 Å². The lowest BCUT2D eigenvalue weighted by molar-refractivity contribution is -0.114. The lowest BCUT2D eigenvalue weighted by atomic mass is 10.3. The number of hydrogen-bond donors (Lipinski definition) is 2. The van der Waals surface area contributed by atoms with Gasteiger partial charge < -0.3 is 24.8 Å². The third-order valence-corrected chi connectivity index (χ3v) is 3.06. The van der Waals surface area contributed by atoms with Crippen LogP contribution in [0.25, 0.3) is 0 Å². The first-order chi connectivity index (χ1) is 12.0. The van der Waals surface area contributed by atoms with Crippen LogP contribution in [0, 0.1) is 0 Å². The fourth-order valence-electron chi connectivity index (χ4n) is 1.90. The zero-order valence-corrected chi connectivity index (χ0v) is 14.4. The zero-order valence-electron chi connectivity index (χ0n) is 14.4. The topological polar surface area (TPSA) is 110 Å². The minimum Gasteiger partial charge on any atom is -0.483 e. The standard InChI is InChI=1S/C16H21N5O4/c1-11(22)18-12-6-4-5-7-13(12)24-10-14-19-16(25-20-14)15(23)17-8-9-21(2)3/h4-7H,8-10H2,1-3H3,(H,17,23)(H,18,22). The molecule has 1 aromatic carbocycles. The van der Waals surface area contributed by atoms with Crippen LogP contribution in [0.2, 0.25) is 0 Å². The lowest BCUT2D eigenvalue weighted by Gasteiger charge is -2.09. The predicted molar refractivity (Wildman–Crippen MR) is 90.3 cm³/mol. The summed E-state index contributed by atoms with van der Waals surface area (Å²) in [5.41, 5.74) is 0.542. The molecule has 0 atom stereocenters.